The average Bonchev–Trinajstić information content (AvgIpc) is 3.39. The first-order valence-corrected chi connectivity index (χ1v) is 12.1. The van der Waals surface area contributed by atoms with Crippen molar-refractivity contribution >= 4 is 33.4 Å². The van der Waals surface area contributed by atoms with Crippen molar-refractivity contribution in [2.45, 2.75) is 52.1 Å². The molecule has 2 aromatic heterocycles. The summed E-state index contributed by atoms with van der Waals surface area (Å²) in [5, 5.41) is 5.25. The topological polar surface area (TPSA) is 54.3 Å². The van der Waals surface area contributed by atoms with Gasteiger partial charge >= 0.3 is 0 Å². The first-order valence-electron chi connectivity index (χ1n) is 11.3. The lowest BCUT2D eigenvalue weighted by molar-refractivity contribution is -0.126. The molecule has 0 saturated carbocycles. The molecule has 0 spiro atoms. The number of benzene rings is 1. The fourth-order valence-corrected chi connectivity index (χ4v) is 5.28. The van der Waals surface area contributed by atoms with Crippen LogP contribution in [0, 0.1) is 5.92 Å². The maximum Gasteiger partial charge on any atom is 0.270 e. The van der Waals surface area contributed by atoms with Crippen LogP contribution in [0.4, 0.5) is 0 Å². The molecule has 164 valence electrons. The third-order valence-electron chi connectivity index (χ3n) is 6.31. The minimum Gasteiger partial charge on any atom is -0.353 e. The van der Waals surface area contributed by atoms with Gasteiger partial charge in [-0.25, -0.2) is 0 Å². The summed E-state index contributed by atoms with van der Waals surface area (Å²) < 4.78 is 3.26. The Kier molecular flexibility index (Phi) is 6.76. The van der Waals surface area contributed by atoms with Crippen molar-refractivity contribution in [1.29, 1.82) is 0 Å². The van der Waals surface area contributed by atoms with Gasteiger partial charge in [0.25, 0.3) is 5.91 Å². The molecule has 5 nitrogen and oxygen atoms in total. The second-order valence-electron chi connectivity index (χ2n) is 8.44. The summed E-state index contributed by atoms with van der Waals surface area (Å²) in [7, 11) is 0. The Morgan fingerprint density at radius 1 is 1.16 bits per heavy atom. The zero-order valence-corrected chi connectivity index (χ0v) is 19.2. The largest absolute Gasteiger partial charge is 0.353 e. The van der Waals surface area contributed by atoms with E-state index in [2.05, 4.69) is 47.3 Å². The maximum atomic E-state index is 13.1. The van der Waals surface area contributed by atoms with E-state index in [1.165, 1.54) is 5.56 Å². The van der Waals surface area contributed by atoms with E-state index in [-0.39, 0.29) is 23.8 Å². The molecule has 3 heterocycles. The van der Waals surface area contributed by atoms with Gasteiger partial charge in [0.1, 0.15) is 5.69 Å². The number of carbonyl (C=O) groups is 2. The highest BCUT2D eigenvalue weighted by Crippen LogP contribution is 2.27. The number of likely N-dealkylation sites (tertiary alicyclic amines) is 1. The smallest absolute Gasteiger partial charge is 0.270 e. The maximum absolute atomic E-state index is 13.1. The van der Waals surface area contributed by atoms with Crippen molar-refractivity contribution in [2.75, 3.05) is 13.1 Å². The molecule has 31 heavy (non-hydrogen) atoms. The highest BCUT2D eigenvalue weighted by Gasteiger charge is 2.29. The molecule has 1 aliphatic rings. The van der Waals surface area contributed by atoms with E-state index >= 15 is 0 Å². The first-order chi connectivity index (χ1) is 15.1. The van der Waals surface area contributed by atoms with Crippen LogP contribution in [0.3, 0.4) is 0 Å². The van der Waals surface area contributed by atoms with E-state index in [1.54, 1.807) is 11.3 Å². The molecule has 0 unspecified atom stereocenters. The average molecular weight is 438 g/mol. The summed E-state index contributed by atoms with van der Waals surface area (Å²) in [5.41, 5.74) is 3.20. The predicted molar refractivity (Wildman–Crippen MR) is 126 cm³/mol. The second kappa shape index (κ2) is 9.69. The third kappa shape index (κ3) is 4.85. The van der Waals surface area contributed by atoms with E-state index in [1.807, 2.05) is 29.2 Å². The number of amides is 2. The summed E-state index contributed by atoms with van der Waals surface area (Å²) in [6.45, 7) is 6.20. The third-order valence-corrected chi connectivity index (χ3v) is 7.16. The predicted octanol–water partition coefficient (Wildman–Crippen LogP) is 4.71. The van der Waals surface area contributed by atoms with E-state index in [0.717, 1.165) is 48.1 Å². The summed E-state index contributed by atoms with van der Waals surface area (Å²) >= 11 is 1.67. The van der Waals surface area contributed by atoms with E-state index in [9.17, 15) is 9.59 Å². The lowest BCUT2D eigenvalue weighted by Crippen LogP contribution is -2.45. The van der Waals surface area contributed by atoms with Crippen LogP contribution in [0.15, 0.2) is 47.8 Å². The van der Waals surface area contributed by atoms with Crippen molar-refractivity contribution in [3.8, 4) is 0 Å². The van der Waals surface area contributed by atoms with Crippen LogP contribution in [-0.2, 0) is 17.8 Å². The molecule has 4 rings (SSSR count). The van der Waals surface area contributed by atoms with Crippen molar-refractivity contribution in [2.24, 2.45) is 5.92 Å². The van der Waals surface area contributed by atoms with Crippen molar-refractivity contribution < 1.29 is 9.59 Å². The van der Waals surface area contributed by atoms with Gasteiger partial charge in [-0.3, -0.25) is 9.59 Å². The first kappa shape index (κ1) is 21.6. The standard InChI is InChI=1S/C25H31N3O2S/c1-3-28-21-13-16-31-23(21)17-22(28)25(30)27-14-11-20(12-15-27)24(29)26-18(2)9-10-19-7-5-4-6-8-19/h4-8,13,16-18,20H,3,9-12,14-15H2,1-2H3,(H,26,29)/t18-/m0/s1. The van der Waals surface area contributed by atoms with E-state index < -0.39 is 0 Å². The lowest BCUT2D eigenvalue weighted by Gasteiger charge is -2.32. The van der Waals surface area contributed by atoms with Gasteiger partial charge in [-0.1, -0.05) is 30.3 Å². The van der Waals surface area contributed by atoms with E-state index in [0.29, 0.717) is 13.1 Å². The van der Waals surface area contributed by atoms with Crippen molar-refractivity contribution in [3.63, 3.8) is 0 Å². The monoisotopic (exact) mass is 437 g/mol. The van der Waals surface area contributed by atoms with Crippen LogP contribution in [0.1, 0.15) is 49.2 Å². The Morgan fingerprint density at radius 3 is 2.61 bits per heavy atom. The number of nitrogens with one attached hydrogen (secondary N) is 1. The van der Waals surface area contributed by atoms with Gasteiger partial charge in [0.2, 0.25) is 5.91 Å². The molecule has 1 aliphatic heterocycles. The Balaban J connectivity index is 1.28. The molecule has 0 aliphatic carbocycles. The van der Waals surface area contributed by atoms with Gasteiger partial charge in [-0.05, 0) is 62.6 Å². The van der Waals surface area contributed by atoms with Crippen LogP contribution >= 0.6 is 11.3 Å². The van der Waals surface area contributed by atoms with Gasteiger partial charge < -0.3 is 14.8 Å². The van der Waals surface area contributed by atoms with Gasteiger partial charge in [-0.2, -0.15) is 0 Å². The Bertz CT molecular complexity index is 1030. The molecule has 1 atom stereocenters. The summed E-state index contributed by atoms with van der Waals surface area (Å²) in [4.78, 5) is 27.8. The van der Waals surface area contributed by atoms with Crippen LogP contribution in [0.5, 0.6) is 0 Å². The van der Waals surface area contributed by atoms with Crippen LogP contribution in [0.25, 0.3) is 10.2 Å². The molecular formula is C25H31N3O2S. The van der Waals surface area contributed by atoms with Crippen molar-refractivity contribution in [1.82, 2.24) is 14.8 Å². The highest BCUT2D eigenvalue weighted by atomic mass is 32.1. The number of thiophene rings is 1. The minimum atomic E-state index is -0.00956. The summed E-state index contributed by atoms with van der Waals surface area (Å²) in [6.07, 6.45) is 3.34. The molecule has 0 bridgehead atoms. The number of aryl methyl sites for hydroxylation is 2. The lowest BCUT2D eigenvalue weighted by atomic mass is 9.95. The molecule has 1 N–H and O–H groups in total. The number of rotatable bonds is 7. The van der Waals surface area contributed by atoms with Crippen LogP contribution in [-0.4, -0.2) is 40.4 Å². The molecule has 1 fully saturated rings. The molecular weight excluding hydrogens is 406 g/mol. The van der Waals surface area contributed by atoms with Crippen LogP contribution < -0.4 is 5.32 Å². The molecule has 2 amide bonds. The normalized spacial score (nSPS) is 15.9. The molecule has 1 saturated heterocycles. The van der Waals surface area contributed by atoms with Crippen LogP contribution in [0.2, 0.25) is 0 Å². The zero-order chi connectivity index (χ0) is 21.8. The van der Waals surface area contributed by atoms with Gasteiger partial charge in [-0.15, -0.1) is 11.3 Å². The Morgan fingerprint density at radius 2 is 1.90 bits per heavy atom. The number of carbonyl (C=O) groups excluding carboxylic acids is 2. The minimum absolute atomic E-state index is 0.00956. The Hall–Kier alpha value is -2.60. The summed E-state index contributed by atoms with van der Waals surface area (Å²) in [6, 6.07) is 14.6. The van der Waals surface area contributed by atoms with Crippen molar-refractivity contribution in [3.05, 3.63) is 59.1 Å². The van der Waals surface area contributed by atoms with Gasteiger partial charge in [0, 0.05) is 31.6 Å². The Labute approximate surface area is 188 Å². The number of nitrogens with zero attached hydrogens (tertiary/aromatic N) is 2. The van der Waals surface area contributed by atoms with Gasteiger partial charge in [0.05, 0.1) is 10.2 Å². The second-order valence-corrected chi connectivity index (χ2v) is 9.39. The highest BCUT2D eigenvalue weighted by molar-refractivity contribution is 7.17. The van der Waals surface area contributed by atoms with Gasteiger partial charge in [0.15, 0.2) is 0 Å². The number of hydrogen-bond acceptors (Lipinski definition) is 3. The molecule has 1 aromatic carbocycles. The number of aromatic nitrogens is 1. The number of piperidine rings is 1. The zero-order valence-electron chi connectivity index (χ0n) is 18.3. The number of fused-ring (bicyclic) bond motifs is 1. The fraction of sp³-hybridized carbons (Fsp3) is 0.440. The summed E-state index contributed by atoms with van der Waals surface area (Å²) in [5.74, 6) is 0.204. The molecule has 6 heteroatoms. The number of hydrogen-bond donors (Lipinski definition) is 1. The fourth-order valence-electron chi connectivity index (χ4n) is 4.46. The SMILES string of the molecule is CCn1c(C(=O)N2CCC(C(=O)N[C@@H](C)CCc3ccccc3)CC2)cc2sccc21. The molecule has 0 radical (unpaired) electrons. The quantitative estimate of drug-likeness (QED) is 0.582. The molecule has 3 aromatic rings. The van der Waals surface area contributed by atoms with E-state index in [4.69, 9.17) is 0 Å².